The van der Waals surface area contributed by atoms with Gasteiger partial charge in [-0.15, -0.1) is 0 Å². The lowest BCUT2D eigenvalue weighted by Gasteiger charge is -2.35. The number of carbonyl (C=O) groups excluding carboxylic acids is 1. The highest BCUT2D eigenvalue weighted by Crippen LogP contribution is 2.38. The summed E-state index contributed by atoms with van der Waals surface area (Å²) >= 11 is 6.58. The van der Waals surface area contributed by atoms with Crippen LogP contribution in [0.3, 0.4) is 0 Å². The molecular formula is C26H23ClFN5O2. The van der Waals surface area contributed by atoms with Gasteiger partial charge in [0.1, 0.15) is 11.0 Å². The molecule has 1 saturated heterocycles. The van der Waals surface area contributed by atoms with Crippen LogP contribution in [0, 0.1) is 6.92 Å². The van der Waals surface area contributed by atoms with E-state index in [1.807, 2.05) is 54.4 Å². The van der Waals surface area contributed by atoms with Crippen LogP contribution in [0.15, 0.2) is 55.0 Å². The molecule has 9 heteroatoms. The number of hydrogen-bond acceptors (Lipinski definition) is 6. The Kier molecular flexibility index (Phi) is 5.98. The first-order chi connectivity index (χ1) is 16.9. The molecule has 2 aromatic carbocycles. The summed E-state index contributed by atoms with van der Waals surface area (Å²) in [5, 5.41) is 2.66. The fourth-order valence-corrected chi connectivity index (χ4v) is 4.84. The van der Waals surface area contributed by atoms with Gasteiger partial charge in [0.05, 0.1) is 7.11 Å². The number of piperazine rings is 1. The molecule has 35 heavy (non-hydrogen) atoms. The summed E-state index contributed by atoms with van der Waals surface area (Å²) in [4.78, 5) is 29.4. The van der Waals surface area contributed by atoms with Gasteiger partial charge in [-0.1, -0.05) is 48.5 Å². The Hall–Kier alpha value is -3.78. The van der Waals surface area contributed by atoms with E-state index in [9.17, 15) is 9.18 Å². The zero-order valence-corrected chi connectivity index (χ0v) is 20.1. The number of carbonyl (C=O) groups is 1. The SMILES string of the molecule is C=C(F)C(=O)N1CCN(c2nc(OC)nc3c(C)c(-c4cccc5cccc(Cl)c45)cnc23)CC1. The number of halogens is 2. The van der Waals surface area contributed by atoms with Crippen LogP contribution in [0.2, 0.25) is 5.02 Å². The van der Waals surface area contributed by atoms with E-state index >= 15 is 0 Å². The zero-order valence-electron chi connectivity index (χ0n) is 19.4. The highest BCUT2D eigenvalue weighted by atomic mass is 35.5. The summed E-state index contributed by atoms with van der Waals surface area (Å²) in [5.41, 5.74) is 4.11. The van der Waals surface area contributed by atoms with E-state index in [1.54, 1.807) is 0 Å². The summed E-state index contributed by atoms with van der Waals surface area (Å²) in [6.07, 6.45) is 1.82. The summed E-state index contributed by atoms with van der Waals surface area (Å²) < 4.78 is 18.7. The van der Waals surface area contributed by atoms with Gasteiger partial charge in [-0.2, -0.15) is 9.97 Å². The molecule has 5 rings (SSSR count). The van der Waals surface area contributed by atoms with Crippen LogP contribution in [0.1, 0.15) is 5.56 Å². The van der Waals surface area contributed by atoms with Crippen molar-refractivity contribution in [2.75, 3.05) is 38.2 Å². The molecule has 3 heterocycles. The van der Waals surface area contributed by atoms with Crippen molar-refractivity contribution in [1.29, 1.82) is 0 Å². The van der Waals surface area contributed by atoms with Crippen molar-refractivity contribution in [2.24, 2.45) is 0 Å². The van der Waals surface area contributed by atoms with E-state index in [0.717, 1.165) is 27.5 Å². The number of anilines is 1. The third-order valence-corrected chi connectivity index (χ3v) is 6.67. The monoisotopic (exact) mass is 491 g/mol. The van der Waals surface area contributed by atoms with E-state index < -0.39 is 11.7 Å². The largest absolute Gasteiger partial charge is 0.467 e. The second kappa shape index (κ2) is 9.11. The number of nitrogens with zero attached hydrogens (tertiary/aromatic N) is 5. The van der Waals surface area contributed by atoms with E-state index in [2.05, 4.69) is 16.5 Å². The molecule has 7 nitrogen and oxygen atoms in total. The van der Waals surface area contributed by atoms with Crippen LogP contribution >= 0.6 is 11.6 Å². The standard InChI is InChI=1S/C26H23ClFN5O2/c1-15-19(18-8-4-6-17-7-5-9-20(27)21(17)18)14-29-23-22(15)30-26(35-3)31-24(23)32-10-12-33(13-11-32)25(34)16(2)28/h4-9,14H,2,10-13H2,1,3H3. The van der Waals surface area contributed by atoms with Gasteiger partial charge in [0, 0.05) is 48.3 Å². The van der Waals surface area contributed by atoms with E-state index in [1.165, 1.54) is 12.0 Å². The summed E-state index contributed by atoms with van der Waals surface area (Å²) in [7, 11) is 1.52. The van der Waals surface area contributed by atoms with Crippen LogP contribution in [0.4, 0.5) is 10.2 Å². The van der Waals surface area contributed by atoms with Crippen molar-refractivity contribution in [3.63, 3.8) is 0 Å². The maximum Gasteiger partial charge on any atom is 0.318 e. The Labute approximate surface area is 206 Å². The Balaban J connectivity index is 1.60. The van der Waals surface area contributed by atoms with Crippen molar-refractivity contribution < 1.29 is 13.9 Å². The maximum atomic E-state index is 13.3. The topological polar surface area (TPSA) is 71.5 Å². The number of ether oxygens (including phenoxy) is 1. The van der Waals surface area contributed by atoms with Gasteiger partial charge in [-0.25, -0.2) is 4.39 Å². The van der Waals surface area contributed by atoms with Crippen LogP contribution in [0.5, 0.6) is 6.01 Å². The van der Waals surface area contributed by atoms with Gasteiger partial charge in [0.15, 0.2) is 11.6 Å². The predicted molar refractivity (Wildman–Crippen MR) is 136 cm³/mol. The second-order valence-corrected chi connectivity index (χ2v) is 8.76. The molecular weight excluding hydrogens is 469 g/mol. The smallest absolute Gasteiger partial charge is 0.318 e. The number of aromatic nitrogens is 3. The van der Waals surface area contributed by atoms with Gasteiger partial charge in [0.2, 0.25) is 0 Å². The van der Waals surface area contributed by atoms with Gasteiger partial charge in [-0.3, -0.25) is 9.78 Å². The van der Waals surface area contributed by atoms with E-state index in [4.69, 9.17) is 21.3 Å². The van der Waals surface area contributed by atoms with Crippen LogP contribution in [-0.2, 0) is 4.79 Å². The third-order valence-electron chi connectivity index (χ3n) is 6.35. The fraction of sp³-hybridized carbons (Fsp3) is 0.231. The van der Waals surface area contributed by atoms with Crippen molar-refractivity contribution in [3.05, 3.63) is 65.6 Å². The first-order valence-electron chi connectivity index (χ1n) is 11.2. The van der Waals surface area contributed by atoms with E-state index in [0.29, 0.717) is 48.1 Å². The number of aryl methyl sites for hydroxylation is 1. The Morgan fingerprint density at radius 1 is 1.06 bits per heavy atom. The molecule has 0 aliphatic carbocycles. The molecule has 2 aromatic heterocycles. The summed E-state index contributed by atoms with van der Waals surface area (Å²) in [5.74, 6) is -1.02. The zero-order chi connectivity index (χ0) is 24.7. The maximum absolute atomic E-state index is 13.3. The number of rotatable bonds is 4. The minimum Gasteiger partial charge on any atom is -0.467 e. The number of hydrogen-bond donors (Lipinski definition) is 0. The first kappa shape index (κ1) is 23.0. The molecule has 0 saturated carbocycles. The number of methoxy groups -OCH3 is 1. The average molecular weight is 492 g/mol. The van der Waals surface area contributed by atoms with Gasteiger partial charge in [0.25, 0.3) is 5.91 Å². The number of fused-ring (bicyclic) bond motifs is 2. The van der Waals surface area contributed by atoms with E-state index in [-0.39, 0.29) is 6.01 Å². The van der Waals surface area contributed by atoms with Gasteiger partial charge in [-0.05, 0) is 29.5 Å². The molecule has 0 spiro atoms. The number of amides is 1. The van der Waals surface area contributed by atoms with Crippen LogP contribution < -0.4 is 9.64 Å². The number of benzene rings is 2. The molecule has 0 unspecified atom stereocenters. The minimum atomic E-state index is -0.953. The Morgan fingerprint density at radius 2 is 1.77 bits per heavy atom. The molecule has 1 aliphatic rings. The molecule has 1 amide bonds. The fourth-order valence-electron chi connectivity index (χ4n) is 4.55. The van der Waals surface area contributed by atoms with Crippen molar-refractivity contribution in [3.8, 4) is 17.1 Å². The molecule has 1 aliphatic heterocycles. The Bertz CT molecular complexity index is 1480. The summed E-state index contributed by atoms with van der Waals surface area (Å²) in [6, 6.07) is 12.1. The second-order valence-electron chi connectivity index (χ2n) is 8.36. The van der Waals surface area contributed by atoms with Crippen molar-refractivity contribution in [1.82, 2.24) is 19.9 Å². The highest BCUT2D eigenvalue weighted by Gasteiger charge is 2.26. The molecule has 0 bridgehead atoms. The molecule has 0 radical (unpaired) electrons. The van der Waals surface area contributed by atoms with Gasteiger partial charge < -0.3 is 14.5 Å². The minimum absolute atomic E-state index is 0.223. The van der Waals surface area contributed by atoms with Crippen molar-refractivity contribution >= 4 is 45.1 Å². The summed E-state index contributed by atoms with van der Waals surface area (Å²) in [6.45, 7) is 6.74. The highest BCUT2D eigenvalue weighted by molar-refractivity contribution is 6.36. The predicted octanol–water partition coefficient (Wildman–Crippen LogP) is 4.95. The average Bonchev–Trinajstić information content (AvgIpc) is 2.88. The quantitative estimate of drug-likeness (QED) is 0.376. The molecule has 178 valence electrons. The molecule has 1 fully saturated rings. The lowest BCUT2D eigenvalue weighted by Crippen LogP contribution is -2.49. The molecule has 0 N–H and O–H groups in total. The first-order valence-corrected chi connectivity index (χ1v) is 11.5. The molecule has 0 atom stereocenters. The molecule has 4 aromatic rings. The van der Waals surface area contributed by atoms with Crippen molar-refractivity contribution in [2.45, 2.75) is 6.92 Å². The lowest BCUT2D eigenvalue weighted by molar-refractivity contribution is -0.128. The Morgan fingerprint density at radius 3 is 2.46 bits per heavy atom. The van der Waals surface area contributed by atoms with Gasteiger partial charge >= 0.3 is 6.01 Å². The van der Waals surface area contributed by atoms with Crippen LogP contribution in [-0.4, -0.2) is 59.0 Å². The number of pyridine rings is 1. The third kappa shape index (κ3) is 4.04. The lowest BCUT2D eigenvalue weighted by atomic mass is 9.96. The normalized spacial score (nSPS) is 13.9. The van der Waals surface area contributed by atoms with Crippen LogP contribution in [0.25, 0.3) is 32.9 Å².